The Morgan fingerprint density at radius 3 is 2.50 bits per heavy atom. The monoisotopic (exact) mass is 355 g/mol. The van der Waals surface area contributed by atoms with E-state index in [1.807, 2.05) is 63.6 Å². The van der Waals surface area contributed by atoms with Crippen LogP contribution in [0.2, 0.25) is 0 Å². The number of hydrogen-bond acceptors (Lipinski definition) is 4. The molecule has 1 unspecified atom stereocenters. The number of carbonyl (C=O) groups excluding carboxylic acids is 1. The normalized spacial score (nSPS) is 17.8. The number of nitrogens with zero attached hydrogens (tertiary/aromatic N) is 5. The van der Waals surface area contributed by atoms with Gasteiger partial charge in [-0.2, -0.15) is 5.10 Å². The molecule has 2 aromatic rings. The van der Waals surface area contributed by atoms with Gasteiger partial charge in [0.15, 0.2) is 0 Å². The van der Waals surface area contributed by atoms with Crippen LogP contribution in [0, 0.1) is 25.2 Å². The minimum atomic E-state index is -0.310. The quantitative estimate of drug-likeness (QED) is 0.849. The molecule has 2 aromatic heterocycles. The van der Waals surface area contributed by atoms with Crippen molar-refractivity contribution in [2.24, 2.45) is 18.4 Å². The van der Waals surface area contributed by atoms with E-state index in [2.05, 4.69) is 15.1 Å². The van der Waals surface area contributed by atoms with Crippen molar-refractivity contribution in [2.75, 3.05) is 13.1 Å². The molecule has 1 aliphatic heterocycles. The first-order valence-corrected chi connectivity index (χ1v) is 9.27. The molecule has 3 rings (SSSR count). The molecule has 0 spiro atoms. The van der Waals surface area contributed by atoms with Gasteiger partial charge in [0.25, 0.3) is 0 Å². The molecule has 0 aliphatic carbocycles. The number of rotatable bonds is 3. The predicted molar refractivity (Wildman–Crippen MR) is 102 cm³/mol. The average molecular weight is 355 g/mol. The van der Waals surface area contributed by atoms with Crippen LogP contribution in [-0.4, -0.2) is 43.6 Å². The Bertz CT molecular complexity index is 801. The van der Waals surface area contributed by atoms with Gasteiger partial charge in [-0.3, -0.25) is 19.4 Å². The van der Waals surface area contributed by atoms with Crippen LogP contribution in [0.5, 0.6) is 0 Å². The van der Waals surface area contributed by atoms with Gasteiger partial charge in [0.1, 0.15) is 0 Å². The summed E-state index contributed by atoms with van der Waals surface area (Å²) >= 11 is 0. The van der Waals surface area contributed by atoms with Gasteiger partial charge in [-0.25, -0.2) is 0 Å². The number of aromatic nitrogens is 4. The van der Waals surface area contributed by atoms with Crippen LogP contribution >= 0.6 is 0 Å². The first-order chi connectivity index (χ1) is 12.2. The summed E-state index contributed by atoms with van der Waals surface area (Å²) in [5.74, 6) is 0.701. The van der Waals surface area contributed by atoms with E-state index in [1.165, 1.54) is 0 Å². The Labute approximate surface area is 155 Å². The van der Waals surface area contributed by atoms with Gasteiger partial charge in [-0.15, -0.1) is 0 Å². The Balaban J connectivity index is 1.66. The summed E-state index contributed by atoms with van der Waals surface area (Å²) in [6.07, 6.45) is 5.62. The van der Waals surface area contributed by atoms with Crippen molar-refractivity contribution in [2.45, 2.75) is 47.5 Å². The lowest BCUT2D eigenvalue weighted by Crippen LogP contribution is -2.38. The Hall–Kier alpha value is -2.24. The molecule has 1 aliphatic rings. The lowest BCUT2D eigenvalue weighted by molar-refractivity contribution is -0.138. The SMILES string of the molecule is Cc1nn(C)c(C)c1-c1cnc(CC2CCN(C(=O)C(C)(C)C)C2)cn1. The van der Waals surface area contributed by atoms with Gasteiger partial charge in [0, 0.05) is 43.0 Å². The summed E-state index contributed by atoms with van der Waals surface area (Å²) in [7, 11) is 1.94. The smallest absolute Gasteiger partial charge is 0.227 e. The molecule has 1 fully saturated rings. The van der Waals surface area contributed by atoms with Gasteiger partial charge >= 0.3 is 0 Å². The van der Waals surface area contributed by atoms with E-state index in [0.29, 0.717) is 5.92 Å². The van der Waals surface area contributed by atoms with Crippen LogP contribution < -0.4 is 0 Å². The minimum absolute atomic E-state index is 0.240. The van der Waals surface area contributed by atoms with Crippen LogP contribution in [0.15, 0.2) is 12.4 Å². The van der Waals surface area contributed by atoms with E-state index in [4.69, 9.17) is 0 Å². The van der Waals surface area contributed by atoms with Gasteiger partial charge in [-0.05, 0) is 32.6 Å². The standard InChI is InChI=1S/C20H29N5O/c1-13-18(14(2)24(6)23-13)17-11-21-16(10-22-17)9-15-7-8-25(12-15)19(26)20(3,4)5/h10-11,15H,7-9,12H2,1-6H3. The van der Waals surface area contributed by atoms with E-state index in [9.17, 15) is 4.79 Å². The summed E-state index contributed by atoms with van der Waals surface area (Å²) in [6.45, 7) is 11.7. The van der Waals surface area contributed by atoms with Crippen molar-refractivity contribution in [3.63, 3.8) is 0 Å². The molecule has 140 valence electrons. The van der Waals surface area contributed by atoms with Crippen LogP contribution in [0.4, 0.5) is 0 Å². The van der Waals surface area contributed by atoms with E-state index >= 15 is 0 Å². The zero-order valence-corrected chi connectivity index (χ0v) is 16.7. The molecule has 1 amide bonds. The highest BCUT2D eigenvalue weighted by atomic mass is 16.2. The third-order valence-electron chi connectivity index (χ3n) is 5.18. The highest BCUT2D eigenvalue weighted by Crippen LogP contribution is 2.27. The van der Waals surface area contributed by atoms with E-state index in [0.717, 1.165) is 54.3 Å². The number of aryl methyl sites for hydroxylation is 2. The van der Waals surface area contributed by atoms with Crippen molar-refractivity contribution < 1.29 is 4.79 Å². The van der Waals surface area contributed by atoms with Crippen LogP contribution in [0.25, 0.3) is 11.3 Å². The molecule has 0 N–H and O–H groups in total. The molecular formula is C20H29N5O. The third-order valence-corrected chi connectivity index (χ3v) is 5.18. The molecule has 0 saturated carbocycles. The lowest BCUT2D eigenvalue weighted by Gasteiger charge is -2.25. The molecule has 3 heterocycles. The van der Waals surface area contributed by atoms with E-state index in [-0.39, 0.29) is 11.3 Å². The molecule has 26 heavy (non-hydrogen) atoms. The maximum Gasteiger partial charge on any atom is 0.227 e. The fraction of sp³-hybridized carbons (Fsp3) is 0.600. The third kappa shape index (κ3) is 3.64. The maximum absolute atomic E-state index is 12.4. The van der Waals surface area contributed by atoms with E-state index < -0.39 is 0 Å². The fourth-order valence-electron chi connectivity index (χ4n) is 3.69. The largest absolute Gasteiger partial charge is 0.342 e. The van der Waals surface area contributed by atoms with Crippen molar-refractivity contribution in [1.82, 2.24) is 24.6 Å². The summed E-state index contributed by atoms with van der Waals surface area (Å²) in [6, 6.07) is 0. The number of carbonyl (C=O) groups is 1. The van der Waals surface area contributed by atoms with Gasteiger partial charge in [-0.1, -0.05) is 20.8 Å². The molecule has 1 atom stereocenters. The topological polar surface area (TPSA) is 63.9 Å². The number of amides is 1. The van der Waals surface area contributed by atoms with Crippen LogP contribution in [0.1, 0.15) is 44.3 Å². The molecule has 6 heteroatoms. The van der Waals surface area contributed by atoms with Crippen molar-refractivity contribution >= 4 is 5.91 Å². The summed E-state index contributed by atoms with van der Waals surface area (Å²) < 4.78 is 1.87. The molecule has 1 saturated heterocycles. The molecule has 0 radical (unpaired) electrons. The molecule has 0 aromatic carbocycles. The number of hydrogen-bond donors (Lipinski definition) is 0. The van der Waals surface area contributed by atoms with Crippen molar-refractivity contribution in [3.8, 4) is 11.3 Å². The summed E-state index contributed by atoms with van der Waals surface area (Å²) in [5, 5.41) is 4.45. The molecule has 6 nitrogen and oxygen atoms in total. The van der Waals surface area contributed by atoms with Gasteiger partial charge in [0.05, 0.1) is 23.3 Å². The summed E-state index contributed by atoms with van der Waals surface area (Å²) in [5.41, 5.74) is 4.68. The second-order valence-corrected chi connectivity index (χ2v) is 8.42. The fourth-order valence-corrected chi connectivity index (χ4v) is 3.69. The molecule has 0 bridgehead atoms. The number of likely N-dealkylation sites (tertiary alicyclic amines) is 1. The predicted octanol–water partition coefficient (Wildman–Crippen LogP) is 2.93. The second kappa shape index (κ2) is 6.82. The highest BCUT2D eigenvalue weighted by molar-refractivity contribution is 5.81. The molecular weight excluding hydrogens is 326 g/mol. The zero-order chi connectivity index (χ0) is 19.1. The summed E-state index contributed by atoms with van der Waals surface area (Å²) in [4.78, 5) is 23.7. The van der Waals surface area contributed by atoms with Crippen LogP contribution in [-0.2, 0) is 18.3 Å². The average Bonchev–Trinajstić information content (AvgIpc) is 3.12. The second-order valence-electron chi connectivity index (χ2n) is 8.42. The van der Waals surface area contributed by atoms with E-state index in [1.54, 1.807) is 0 Å². The van der Waals surface area contributed by atoms with Gasteiger partial charge < -0.3 is 4.90 Å². The van der Waals surface area contributed by atoms with Gasteiger partial charge in [0.2, 0.25) is 5.91 Å². The maximum atomic E-state index is 12.4. The first-order valence-electron chi connectivity index (χ1n) is 9.27. The Morgan fingerprint density at radius 2 is 1.96 bits per heavy atom. The van der Waals surface area contributed by atoms with Crippen molar-refractivity contribution in [3.05, 3.63) is 29.5 Å². The zero-order valence-electron chi connectivity index (χ0n) is 16.7. The highest BCUT2D eigenvalue weighted by Gasteiger charge is 2.32. The first kappa shape index (κ1) is 18.5. The Kier molecular flexibility index (Phi) is 4.86. The van der Waals surface area contributed by atoms with Crippen LogP contribution in [0.3, 0.4) is 0 Å². The lowest BCUT2D eigenvalue weighted by atomic mass is 9.95. The van der Waals surface area contributed by atoms with Crippen molar-refractivity contribution in [1.29, 1.82) is 0 Å². The minimum Gasteiger partial charge on any atom is -0.342 e. The Morgan fingerprint density at radius 1 is 1.23 bits per heavy atom.